The first kappa shape index (κ1) is 18.0. The van der Waals surface area contributed by atoms with Crippen molar-refractivity contribution in [2.75, 3.05) is 39.3 Å². The molecule has 0 unspecified atom stereocenters. The van der Waals surface area contributed by atoms with E-state index in [0.717, 1.165) is 70.0 Å². The van der Waals surface area contributed by atoms with Gasteiger partial charge >= 0.3 is 0 Å². The summed E-state index contributed by atoms with van der Waals surface area (Å²) in [6.45, 7) is 5.36. The van der Waals surface area contributed by atoms with E-state index in [0.29, 0.717) is 6.42 Å². The van der Waals surface area contributed by atoms with Crippen LogP contribution in [0.1, 0.15) is 23.2 Å². The maximum atomic E-state index is 12.6. The normalized spacial score (nSPS) is 16.8. The fourth-order valence-electron chi connectivity index (χ4n) is 3.84. The Hall–Kier alpha value is -2.40. The Morgan fingerprint density at radius 2 is 1.96 bits per heavy atom. The van der Waals surface area contributed by atoms with Gasteiger partial charge in [-0.1, -0.05) is 18.2 Å². The minimum absolute atomic E-state index is 0.274. The Labute approximate surface area is 161 Å². The highest BCUT2D eigenvalue weighted by Gasteiger charge is 2.21. The Balaban J connectivity index is 1.19. The topological polar surface area (TPSA) is 45.7 Å². The molecule has 142 valence electrons. The summed E-state index contributed by atoms with van der Waals surface area (Å²) in [5.74, 6) is 1.28. The van der Waals surface area contributed by atoms with Crippen LogP contribution in [0.2, 0.25) is 0 Å². The van der Waals surface area contributed by atoms with Gasteiger partial charge in [0.15, 0.2) is 0 Å². The van der Waals surface area contributed by atoms with E-state index in [9.17, 15) is 4.79 Å². The molecule has 0 saturated carbocycles. The van der Waals surface area contributed by atoms with Crippen LogP contribution in [0, 0.1) is 0 Å². The van der Waals surface area contributed by atoms with E-state index < -0.39 is 0 Å². The van der Waals surface area contributed by atoms with Crippen molar-refractivity contribution >= 4 is 5.91 Å². The van der Waals surface area contributed by atoms with Crippen molar-refractivity contribution in [3.63, 3.8) is 0 Å². The second-order valence-electron chi connectivity index (χ2n) is 7.33. The molecule has 5 nitrogen and oxygen atoms in total. The molecule has 1 fully saturated rings. The molecule has 0 aliphatic carbocycles. The van der Waals surface area contributed by atoms with Crippen LogP contribution >= 0.6 is 0 Å². The first-order valence-corrected chi connectivity index (χ1v) is 9.92. The zero-order valence-corrected chi connectivity index (χ0v) is 15.8. The SMILES string of the molecule is O=C(CCc1ccc2c(c1)CCO2)N1CCN(CCc2ccccn2)CC1. The summed E-state index contributed by atoms with van der Waals surface area (Å²) in [6.07, 6.45) is 5.20. The molecule has 0 radical (unpaired) electrons. The number of aromatic nitrogens is 1. The molecule has 1 amide bonds. The van der Waals surface area contributed by atoms with Crippen molar-refractivity contribution in [3.05, 3.63) is 59.4 Å². The number of carbonyl (C=O) groups excluding carboxylic acids is 1. The molecule has 1 aromatic carbocycles. The van der Waals surface area contributed by atoms with Gasteiger partial charge in [0.1, 0.15) is 5.75 Å². The maximum Gasteiger partial charge on any atom is 0.222 e. The van der Waals surface area contributed by atoms with Gasteiger partial charge in [0.25, 0.3) is 0 Å². The van der Waals surface area contributed by atoms with Gasteiger partial charge in [0.2, 0.25) is 5.91 Å². The van der Waals surface area contributed by atoms with Gasteiger partial charge in [0, 0.05) is 63.9 Å². The average Bonchev–Trinajstić information content (AvgIpc) is 3.19. The fourth-order valence-corrected chi connectivity index (χ4v) is 3.84. The number of benzene rings is 1. The number of aryl methyl sites for hydroxylation is 1. The number of amides is 1. The molecule has 2 aliphatic rings. The van der Waals surface area contributed by atoms with Crippen LogP contribution in [0.25, 0.3) is 0 Å². The van der Waals surface area contributed by atoms with E-state index in [2.05, 4.69) is 28.1 Å². The lowest BCUT2D eigenvalue weighted by atomic mass is 10.0. The predicted octanol–water partition coefficient (Wildman–Crippen LogP) is 2.34. The standard InChI is InChI=1S/C22H27N3O2/c26-22(7-5-18-4-6-21-19(17-18)9-16-27-21)25-14-12-24(13-15-25)11-8-20-3-1-2-10-23-20/h1-4,6,10,17H,5,7-9,11-16H2. The number of hydrogen-bond acceptors (Lipinski definition) is 4. The lowest BCUT2D eigenvalue weighted by Crippen LogP contribution is -2.49. The smallest absolute Gasteiger partial charge is 0.222 e. The Morgan fingerprint density at radius 1 is 1.07 bits per heavy atom. The summed E-state index contributed by atoms with van der Waals surface area (Å²) in [6, 6.07) is 12.4. The molecule has 27 heavy (non-hydrogen) atoms. The quantitative estimate of drug-likeness (QED) is 0.788. The van der Waals surface area contributed by atoms with Gasteiger partial charge < -0.3 is 9.64 Å². The van der Waals surface area contributed by atoms with Crippen LogP contribution in [0.4, 0.5) is 0 Å². The van der Waals surface area contributed by atoms with Gasteiger partial charge in [-0.15, -0.1) is 0 Å². The number of hydrogen-bond donors (Lipinski definition) is 0. The van der Waals surface area contributed by atoms with Crippen molar-refractivity contribution in [3.8, 4) is 5.75 Å². The third-order valence-corrected chi connectivity index (χ3v) is 5.52. The number of carbonyl (C=O) groups is 1. The van der Waals surface area contributed by atoms with E-state index >= 15 is 0 Å². The zero-order chi connectivity index (χ0) is 18.5. The number of fused-ring (bicyclic) bond motifs is 1. The molecule has 2 aromatic rings. The van der Waals surface area contributed by atoms with E-state index in [-0.39, 0.29) is 5.91 Å². The highest BCUT2D eigenvalue weighted by molar-refractivity contribution is 5.76. The molecule has 3 heterocycles. The molecule has 5 heteroatoms. The van der Waals surface area contributed by atoms with Gasteiger partial charge in [-0.25, -0.2) is 0 Å². The molecule has 1 saturated heterocycles. The Morgan fingerprint density at radius 3 is 2.78 bits per heavy atom. The first-order chi connectivity index (χ1) is 13.3. The monoisotopic (exact) mass is 365 g/mol. The molecule has 0 N–H and O–H groups in total. The third-order valence-electron chi connectivity index (χ3n) is 5.52. The lowest BCUT2D eigenvalue weighted by molar-refractivity contribution is -0.132. The maximum absolute atomic E-state index is 12.6. The minimum Gasteiger partial charge on any atom is -0.493 e. The number of piperazine rings is 1. The summed E-state index contributed by atoms with van der Waals surface area (Å²) in [5, 5.41) is 0. The van der Waals surface area contributed by atoms with E-state index in [1.54, 1.807) is 0 Å². The largest absolute Gasteiger partial charge is 0.493 e. The van der Waals surface area contributed by atoms with E-state index in [1.165, 1.54) is 11.1 Å². The fraction of sp³-hybridized carbons (Fsp3) is 0.455. The molecule has 4 rings (SSSR count). The van der Waals surface area contributed by atoms with Crippen molar-refractivity contribution < 1.29 is 9.53 Å². The molecule has 1 aromatic heterocycles. The van der Waals surface area contributed by atoms with Crippen LogP contribution in [-0.2, 0) is 24.1 Å². The highest BCUT2D eigenvalue weighted by Crippen LogP contribution is 2.26. The molecular weight excluding hydrogens is 338 g/mol. The third kappa shape index (κ3) is 4.66. The van der Waals surface area contributed by atoms with Gasteiger partial charge in [0.05, 0.1) is 6.61 Å². The van der Waals surface area contributed by atoms with Crippen molar-refractivity contribution in [2.24, 2.45) is 0 Å². The van der Waals surface area contributed by atoms with Gasteiger partial charge in [-0.05, 0) is 35.7 Å². The van der Waals surface area contributed by atoms with Crippen molar-refractivity contribution in [1.82, 2.24) is 14.8 Å². The molecular formula is C22H27N3O2. The molecule has 0 atom stereocenters. The van der Waals surface area contributed by atoms with E-state index in [1.807, 2.05) is 29.3 Å². The summed E-state index contributed by atoms with van der Waals surface area (Å²) in [4.78, 5) is 21.4. The number of nitrogens with zero attached hydrogens (tertiary/aromatic N) is 3. The molecule has 0 bridgehead atoms. The number of ether oxygens (including phenoxy) is 1. The summed E-state index contributed by atoms with van der Waals surface area (Å²) in [7, 11) is 0. The second-order valence-corrected chi connectivity index (χ2v) is 7.33. The summed E-state index contributed by atoms with van der Waals surface area (Å²) >= 11 is 0. The Bertz CT molecular complexity index is 770. The number of pyridine rings is 1. The Kier molecular flexibility index (Phi) is 5.68. The zero-order valence-electron chi connectivity index (χ0n) is 15.8. The highest BCUT2D eigenvalue weighted by atomic mass is 16.5. The summed E-state index contributed by atoms with van der Waals surface area (Å²) in [5.41, 5.74) is 3.65. The van der Waals surface area contributed by atoms with Crippen LogP contribution in [0.5, 0.6) is 5.75 Å². The number of rotatable bonds is 6. The predicted molar refractivity (Wildman–Crippen MR) is 105 cm³/mol. The van der Waals surface area contributed by atoms with Gasteiger partial charge in [-0.3, -0.25) is 14.7 Å². The van der Waals surface area contributed by atoms with Gasteiger partial charge in [-0.2, -0.15) is 0 Å². The molecule has 0 spiro atoms. The van der Waals surface area contributed by atoms with Crippen LogP contribution in [-0.4, -0.2) is 60.0 Å². The lowest BCUT2D eigenvalue weighted by Gasteiger charge is -2.34. The molecule has 2 aliphatic heterocycles. The van der Waals surface area contributed by atoms with Crippen LogP contribution in [0.3, 0.4) is 0 Å². The average molecular weight is 365 g/mol. The van der Waals surface area contributed by atoms with Crippen LogP contribution in [0.15, 0.2) is 42.6 Å². The second kappa shape index (κ2) is 8.53. The van der Waals surface area contributed by atoms with Crippen molar-refractivity contribution in [2.45, 2.75) is 25.7 Å². The van der Waals surface area contributed by atoms with Crippen molar-refractivity contribution in [1.29, 1.82) is 0 Å². The minimum atomic E-state index is 0.274. The van der Waals surface area contributed by atoms with E-state index in [4.69, 9.17) is 4.74 Å². The summed E-state index contributed by atoms with van der Waals surface area (Å²) < 4.78 is 5.55. The van der Waals surface area contributed by atoms with Crippen LogP contribution < -0.4 is 4.74 Å². The first-order valence-electron chi connectivity index (χ1n) is 9.92.